The molecule has 0 bridgehead atoms. The Bertz CT molecular complexity index is 212. The third-order valence-electron chi connectivity index (χ3n) is 1.32. The lowest BCUT2D eigenvalue weighted by Gasteiger charge is -2.13. The molecule has 60 valence electrons. The van der Waals surface area contributed by atoms with E-state index in [1.807, 2.05) is 0 Å². The first kappa shape index (κ1) is 8.16. The second-order valence-corrected chi connectivity index (χ2v) is 2.10. The first-order valence-electron chi connectivity index (χ1n) is 3.12. The summed E-state index contributed by atoms with van der Waals surface area (Å²) in [6.45, 7) is 0. The Balaban J connectivity index is 2.77. The first-order valence-corrected chi connectivity index (χ1v) is 3.12. The van der Waals surface area contributed by atoms with Crippen LogP contribution in [0.15, 0.2) is 30.3 Å². The van der Waals surface area contributed by atoms with Crippen molar-refractivity contribution < 1.29 is 15.5 Å². The molecular formula is C7H9NO3. The number of hydrogen-bond acceptors (Lipinski definition) is 4. The molecule has 0 aromatic heterocycles. The molecule has 0 aliphatic heterocycles. The predicted octanol–water partition coefficient (Wildman–Crippen LogP) is 0.758. The summed E-state index contributed by atoms with van der Waals surface area (Å²) in [6, 6.07) is 8.34. The van der Waals surface area contributed by atoms with E-state index in [2.05, 4.69) is 0 Å². The van der Waals surface area contributed by atoms with E-state index in [4.69, 9.17) is 15.5 Å². The van der Waals surface area contributed by atoms with Crippen molar-refractivity contribution in [2.75, 3.05) is 0 Å². The highest BCUT2D eigenvalue weighted by atomic mass is 16.8. The summed E-state index contributed by atoms with van der Waals surface area (Å²) >= 11 is 0. The highest BCUT2D eigenvalue weighted by molar-refractivity contribution is 5.15. The lowest BCUT2D eigenvalue weighted by atomic mass is 10.2. The maximum absolute atomic E-state index is 9.02. The van der Waals surface area contributed by atoms with E-state index in [1.54, 1.807) is 30.3 Å². The summed E-state index contributed by atoms with van der Waals surface area (Å²) in [4.78, 5) is 0. The smallest absolute Gasteiger partial charge is 0.182 e. The third-order valence-corrected chi connectivity index (χ3v) is 1.32. The lowest BCUT2D eigenvalue weighted by molar-refractivity contribution is -0.374. The Labute approximate surface area is 63.8 Å². The Hall–Kier alpha value is -0.940. The Morgan fingerprint density at radius 1 is 1.09 bits per heavy atom. The van der Waals surface area contributed by atoms with Gasteiger partial charge in [-0.15, -0.1) is 0 Å². The Morgan fingerprint density at radius 3 is 2.09 bits per heavy atom. The normalized spacial score (nSPS) is 13.5. The molecule has 0 amide bonds. The van der Waals surface area contributed by atoms with Crippen LogP contribution in [0.1, 0.15) is 11.8 Å². The van der Waals surface area contributed by atoms with Gasteiger partial charge in [0.05, 0.1) is 0 Å². The predicted molar refractivity (Wildman–Crippen MR) is 36.8 cm³/mol. The van der Waals surface area contributed by atoms with Gasteiger partial charge in [-0.05, 0) is 10.8 Å². The van der Waals surface area contributed by atoms with E-state index in [1.165, 1.54) is 0 Å². The van der Waals surface area contributed by atoms with Crippen molar-refractivity contribution in [1.82, 2.24) is 5.23 Å². The fraction of sp³-hybridized carbons (Fsp3) is 0.143. The average Bonchev–Trinajstić information content (AvgIpc) is 2.05. The van der Waals surface area contributed by atoms with Crippen LogP contribution in [-0.4, -0.2) is 20.7 Å². The second kappa shape index (κ2) is 3.45. The molecule has 0 saturated heterocycles. The average molecular weight is 155 g/mol. The molecule has 1 aromatic rings. The summed E-state index contributed by atoms with van der Waals surface area (Å²) in [5, 5.41) is 25.6. The number of aliphatic hydroxyl groups is 1. The standard InChI is InChI=1S/C7H9NO3/c9-7(8(10)11)6-4-2-1-3-5-6/h1-5,7,9-11H. The Kier molecular flexibility index (Phi) is 2.56. The van der Waals surface area contributed by atoms with Gasteiger partial charge in [-0.3, -0.25) is 10.4 Å². The van der Waals surface area contributed by atoms with Gasteiger partial charge < -0.3 is 5.11 Å². The fourth-order valence-corrected chi connectivity index (χ4v) is 0.759. The molecule has 0 radical (unpaired) electrons. The number of rotatable bonds is 2. The molecule has 0 aliphatic carbocycles. The van der Waals surface area contributed by atoms with Crippen LogP contribution in [0.3, 0.4) is 0 Å². The molecule has 0 spiro atoms. The first-order chi connectivity index (χ1) is 5.22. The van der Waals surface area contributed by atoms with Crippen molar-refractivity contribution in [3.05, 3.63) is 35.9 Å². The summed E-state index contributed by atoms with van der Waals surface area (Å²) in [7, 11) is 0. The van der Waals surface area contributed by atoms with Crippen LogP contribution in [0.4, 0.5) is 0 Å². The van der Waals surface area contributed by atoms with Gasteiger partial charge in [0.15, 0.2) is 6.23 Å². The molecule has 1 atom stereocenters. The Morgan fingerprint density at radius 2 is 1.64 bits per heavy atom. The van der Waals surface area contributed by atoms with Crippen molar-refractivity contribution in [2.45, 2.75) is 6.23 Å². The molecule has 0 fully saturated rings. The SMILES string of the molecule is OC(c1ccccc1)N(O)O. The van der Waals surface area contributed by atoms with Gasteiger partial charge in [-0.25, -0.2) is 0 Å². The van der Waals surface area contributed by atoms with E-state index in [0.29, 0.717) is 5.56 Å². The van der Waals surface area contributed by atoms with Crippen LogP contribution in [0.2, 0.25) is 0 Å². The van der Waals surface area contributed by atoms with Crippen molar-refractivity contribution in [3.63, 3.8) is 0 Å². The fourth-order valence-electron chi connectivity index (χ4n) is 0.759. The van der Waals surface area contributed by atoms with Gasteiger partial charge in [0.25, 0.3) is 0 Å². The number of hydroxylamine groups is 2. The molecule has 1 rings (SSSR count). The van der Waals surface area contributed by atoms with Gasteiger partial charge >= 0.3 is 0 Å². The molecule has 0 saturated carbocycles. The van der Waals surface area contributed by atoms with E-state index in [-0.39, 0.29) is 5.23 Å². The highest BCUT2D eigenvalue weighted by Crippen LogP contribution is 2.12. The van der Waals surface area contributed by atoms with Gasteiger partial charge in [0, 0.05) is 0 Å². The zero-order chi connectivity index (χ0) is 8.27. The van der Waals surface area contributed by atoms with Crippen LogP contribution in [0, 0.1) is 0 Å². The zero-order valence-electron chi connectivity index (χ0n) is 5.75. The third kappa shape index (κ3) is 1.99. The monoisotopic (exact) mass is 155 g/mol. The summed E-state index contributed by atoms with van der Waals surface area (Å²) in [5.41, 5.74) is 0.428. The van der Waals surface area contributed by atoms with Gasteiger partial charge in [-0.1, -0.05) is 30.3 Å². The lowest BCUT2D eigenvalue weighted by Crippen LogP contribution is -2.20. The zero-order valence-corrected chi connectivity index (χ0v) is 5.75. The minimum absolute atomic E-state index is 0.241. The molecule has 0 aliphatic rings. The largest absolute Gasteiger partial charge is 0.370 e. The minimum Gasteiger partial charge on any atom is -0.370 e. The molecular weight excluding hydrogens is 146 g/mol. The number of nitrogens with zero attached hydrogens (tertiary/aromatic N) is 1. The van der Waals surface area contributed by atoms with Gasteiger partial charge in [0.1, 0.15) is 0 Å². The summed E-state index contributed by atoms with van der Waals surface area (Å²) < 4.78 is 0. The minimum atomic E-state index is -1.38. The van der Waals surface area contributed by atoms with E-state index in [0.717, 1.165) is 0 Å². The molecule has 1 unspecified atom stereocenters. The van der Waals surface area contributed by atoms with Crippen LogP contribution in [-0.2, 0) is 0 Å². The number of aliphatic hydroxyl groups excluding tert-OH is 1. The van der Waals surface area contributed by atoms with Crippen molar-refractivity contribution in [3.8, 4) is 0 Å². The number of hydrogen-bond donors (Lipinski definition) is 3. The molecule has 1 aromatic carbocycles. The van der Waals surface area contributed by atoms with E-state index < -0.39 is 6.23 Å². The van der Waals surface area contributed by atoms with Crippen LogP contribution >= 0.6 is 0 Å². The van der Waals surface area contributed by atoms with Crippen LogP contribution in [0.25, 0.3) is 0 Å². The topological polar surface area (TPSA) is 63.9 Å². The van der Waals surface area contributed by atoms with Crippen molar-refractivity contribution in [1.29, 1.82) is 0 Å². The molecule has 11 heavy (non-hydrogen) atoms. The second-order valence-electron chi connectivity index (χ2n) is 2.10. The highest BCUT2D eigenvalue weighted by Gasteiger charge is 2.11. The van der Waals surface area contributed by atoms with Crippen LogP contribution in [0.5, 0.6) is 0 Å². The molecule has 4 nitrogen and oxygen atoms in total. The summed E-state index contributed by atoms with van der Waals surface area (Å²) in [5.74, 6) is 0. The van der Waals surface area contributed by atoms with Crippen molar-refractivity contribution in [2.24, 2.45) is 0 Å². The molecule has 0 heterocycles. The van der Waals surface area contributed by atoms with Crippen molar-refractivity contribution >= 4 is 0 Å². The van der Waals surface area contributed by atoms with Gasteiger partial charge in [-0.2, -0.15) is 0 Å². The van der Waals surface area contributed by atoms with E-state index in [9.17, 15) is 0 Å². The molecule has 3 N–H and O–H groups in total. The maximum Gasteiger partial charge on any atom is 0.182 e. The molecule has 4 heteroatoms. The summed E-state index contributed by atoms with van der Waals surface area (Å²) in [6.07, 6.45) is -1.38. The number of benzene rings is 1. The maximum atomic E-state index is 9.02. The quantitative estimate of drug-likeness (QED) is 0.435. The van der Waals surface area contributed by atoms with Gasteiger partial charge in [0.2, 0.25) is 0 Å². The van der Waals surface area contributed by atoms with E-state index >= 15 is 0 Å². The van der Waals surface area contributed by atoms with Crippen LogP contribution < -0.4 is 0 Å².